The predicted octanol–water partition coefficient (Wildman–Crippen LogP) is 2.65. The fourth-order valence-corrected chi connectivity index (χ4v) is 2.42. The zero-order chi connectivity index (χ0) is 19.1. The van der Waals surface area contributed by atoms with E-state index in [1.165, 1.54) is 0 Å². The summed E-state index contributed by atoms with van der Waals surface area (Å²) in [6, 6.07) is 7.39. The van der Waals surface area contributed by atoms with Crippen molar-refractivity contribution in [2.24, 2.45) is 0 Å². The van der Waals surface area contributed by atoms with Crippen molar-refractivity contribution in [1.82, 2.24) is 20.2 Å². The molecule has 0 radical (unpaired) electrons. The number of pyridine rings is 1. The Kier molecular flexibility index (Phi) is 5.83. The molecular weight excluding hydrogens is 348 g/mol. The number of hydrogen-bond donors (Lipinski definition) is 2. The van der Waals surface area contributed by atoms with E-state index in [9.17, 15) is 0 Å². The summed E-state index contributed by atoms with van der Waals surface area (Å²) in [6.45, 7) is 0.602. The molecule has 140 valence electrons. The summed E-state index contributed by atoms with van der Waals surface area (Å²) in [5, 5.41) is 14.3. The molecule has 0 amide bonds. The molecule has 2 heterocycles. The zero-order valence-electron chi connectivity index (χ0n) is 15.3. The first-order valence-electron chi connectivity index (χ1n) is 8.13. The first kappa shape index (κ1) is 18.2. The third-order valence-electron chi connectivity index (χ3n) is 3.70. The van der Waals surface area contributed by atoms with Gasteiger partial charge < -0.3 is 24.8 Å². The lowest BCUT2D eigenvalue weighted by Gasteiger charge is -2.14. The van der Waals surface area contributed by atoms with Gasteiger partial charge in [-0.15, -0.1) is 5.10 Å². The highest BCUT2D eigenvalue weighted by Gasteiger charge is 2.14. The Labute approximate surface area is 156 Å². The molecular formula is C18H20N6O3. The number of methoxy groups -OCH3 is 3. The van der Waals surface area contributed by atoms with E-state index in [0.29, 0.717) is 41.2 Å². The van der Waals surface area contributed by atoms with Crippen molar-refractivity contribution in [3.8, 4) is 17.2 Å². The van der Waals surface area contributed by atoms with Crippen molar-refractivity contribution in [2.75, 3.05) is 32.0 Å². The van der Waals surface area contributed by atoms with Gasteiger partial charge in [-0.25, -0.2) is 0 Å². The van der Waals surface area contributed by atoms with Gasteiger partial charge in [0, 0.05) is 36.8 Å². The summed E-state index contributed by atoms with van der Waals surface area (Å²) in [6.07, 6.45) is 5.04. The largest absolute Gasteiger partial charge is 0.493 e. The number of rotatable bonds is 8. The number of hydrogen-bond acceptors (Lipinski definition) is 9. The van der Waals surface area contributed by atoms with E-state index in [0.717, 1.165) is 5.56 Å². The minimum Gasteiger partial charge on any atom is -0.493 e. The second-order valence-corrected chi connectivity index (χ2v) is 5.41. The first-order valence-corrected chi connectivity index (χ1v) is 8.13. The lowest BCUT2D eigenvalue weighted by atomic mass is 10.2. The van der Waals surface area contributed by atoms with E-state index in [1.54, 1.807) is 52.1 Å². The lowest BCUT2D eigenvalue weighted by molar-refractivity contribution is 0.324. The lowest BCUT2D eigenvalue weighted by Crippen LogP contribution is -2.06. The summed E-state index contributed by atoms with van der Waals surface area (Å²) in [5.41, 5.74) is 1.76. The van der Waals surface area contributed by atoms with E-state index in [4.69, 9.17) is 14.2 Å². The highest BCUT2D eigenvalue weighted by atomic mass is 16.5. The average molecular weight is 368 g/mol. The average Bonchev–Trinajstić information content (AvgIpc) is 2.72. The minimum absolute atomic E-state index is 0.337. The molecule has 1 aromatic carbocycles. The van der Waals surface area contributed by atoms with E-state index in [2.05, 4.69) is 30.8 Å². The molecule has 3 aromatic rings. The van der Waals surface area contributed by atoms with Crippen LogP contribution in [0.4, 0.5) is 17.5 Å². The second kappa shape index (κ2) is 8.65. The van der Waals surface area contributed by atoms with Crippen LogP contribution >= 0.6 is 0 Å². The Balaban J connectivity index is 1.76. The van der Waals surface area contributed by atoms with Crippen LogP contribution in [0, 0.1) is 0 Å². The molecule has 9 heteroatoms. The number of benzene rings is 1. The van der Waals surface area contributed by atoms with Gasteiger partial charge in [-0.3, -0.25) is 4.98 Å². The number of nitrogens with one attached hydrogen (secondary N) is 2. The number of nitrogens with zero attached hydrogens (tertiary/aromatic N) is 4. The molecule has 0 spiro atoms. The van der Waals surface area contributed by atoms with Gasteiger partial charge in [0.2, 0.25) is 11.7 Å². The summed E-state index contributed by atoms with van der Waals surface area (Å²) in [4.78, 5) is 8.41. The summed E-state index contributed by atoms with van der Waals surface area (Å²) >= 11 is 0. The molecule has 2 N–H and O–H groups in total. The number of aromatic nitrogens is 4. The highest BCUT2D eigenvalue weighted by Crippen LogP contribution is 2.40. The predicted molar refractivity (Wildman–Crippen MR) is 101 cm³/mol. The molecule has 3 rings (SSSR count). The fraction of sp³-hybridized carbons (Fsp3) is 0.222. The summed E-state index contributed by atoms with van der Waals surface area (Å²) in [7, 11) is 4.67. The van der Waals surface area contributed by atoms with Crippen LogP contribution in [0.2, 0.25) is 0 Å². The van der Waals surface area contributed by atoms with Crippen molar-refractivity contribution in [1.29, 1.82) is 0 Å². The van der Waals surface area contributed by atoms with Crippen LogP contribution in [0.3, 0.4) is 0 Å². The molecule has 0 atom stereocenters. The van der Waals surface area contributed by atoms with Crippen LogP contribution in [-0.4, -0.2) is 41.5 Å². The van der Waals surface area contributed by atoms with Crippen LogP contribution in [0.15, 0.2) is 42.9 Å². The molecule has 27 heavy (non-hydrogen) atoms. The zero-order valence-corrected chi connectivity index (χ0v) is 15.3. The molecule has 0 bridgehead atoms. The van der Waals surface area contributed by atoms with E-state index in [-0.39, 0.29) is 0 Å². The normalized spacial score (nSPS) is 10.2. The van der Waals surface area contributed by atoms with Crippen LogP contribution in [0.5, 0.6) is 17.2 Å². The van der Waals surface area contributed by atoms with Gasteiger partial charge in [0.05, 0.1) is 27.5 Å². The highest BCUT2D eigenvalue weighted by molar-refractivity contribution is 5.65. The Morgan fingerprint density at radius 3 is 2.30 bits per heavy atom. The van der Waals surface area contributed by atoms with Crippen molar-refractivity contribution in [2.45, 2.75) is 6.54 Å². The third kappa shape index (κ3) is 4.51. The topological polar surface area (TPSA) is 103 Å². The standard InChI is InChI=1S/C18H20N6O3/c1-25-14-8-13(9-15(26-2)17(14)27-3)22-18-23-16(11-21-24-18)20-10-12-4-6-19-7-5-12/h4-9,11H,10H2,1-3H3,(H2,20,22,23,24). The Morgan fingerprint density at radius 2 is 1.67 bits per heavy atom. The van der Waals surface area contributed by atoms with Gasteiger partial charge >= 0.3 is 0 Å². The molecule has 0 saturated carbocycles. The monoisotopic (exact) mass is 368 g/mol. The van der Waals surface area contributed by atoms with E-state index in [1.807, 2.05) is 12.1 Å². The third-order valence-corrected chi connectivity index (χ3v) is 3.70. The van der Waals surface area contributed by atoms with Crippen LogP contribution in [0.25, 0.3) is 0 Å². The molecule has 2 aromatic heterocycles. The van der Waals surface area contributed by atoms with Gasteiger partial charge in [0.15, 0.2) is 17.3 Å². The maximum Gasteiger partial charge on any atom is 0.249 e. The molecule has 0 aliphatic carbocycles. The molecule has 0 saturated heterocycles. The van der Waals surface area contributed by atoms with Crippen molar-refractivity contribution in [3.63, 3.8) is 0 Å². The number of anilines is 3. The van der Waals surface area contributed by atoms with Gasteiger partial charge in [-0.1, -0.05) is 0 Å². The van der Waals surface area contributed by atoms with Crippen LogP contribution in [-0.2, 0) is 6.54 Å². The maximum absolute atomic E-state index is 5.35. The Hall–Kier alpha value is -3.62. The maximum atomic E-state index is 5.35. The van der Waals surface area contributed by atoms with Crippen molar-refractivity contribution >= 4 is 17.5 Å². The quantitative estimate of drug-likeness (QED) is 0.621. The minimum atomic E-state index is 0.337. The molecule has 0 unspecified atom stereocenters. The number of ether oxygens (including phenoxy) is 3. The van der Waals surface area contributed by atoms with Crippen LogP contribution in [0.1, 0.15) is 5.56 Å². The molecule has 0 aliphatic rings. The SMILES string of the molecule is COc1cc(Nc2nncc(NCc3ccncc3)n2)cc(OC)c1OC. The smallest absolute Gasteiger partial charge is 0.249 e. The van der Waals surface area contributed by atoms with E-state index >= 15 is 0 Å². The van der Waals surface area contributed by atoms with Gasteiger partial charge in [0.1, 0.15) is 0 Å². The van der Waals surface area contributed by atoms with Crippen LogP contribution < -0.4 is 24.8 Å². The van der Waals surface area contributed by atoms with E-state index < -0.39 is 0 Å². The summed E-state index contributed by atoms with van der Waals surface area (Å²) < 4.78 is 16.0. The first-order chi connectivity index (χ1) is 13.2. The van der Waals surface area contributed by atoms with Crippen molar-refractivity contribution in [3.05, 3.63) is 48.4 Å². The Morgan fingerprint density at radius 1 is 0.963 bits per heavy atom. The van der Waals surface area contributed by atoms with Gasteiger partial charge in [-0.05, 0) is 17.7 Å². The molecule has 0 aliphatic heterocycles. The Bertz CT molecular complexity index is 866. The summed E-state index contributed by atoms with van der Waals surface area (Å²) in [5.74, 6) is 2.50. The second-order valence-electron chi connectivity index (χ2n) is 5.41. The fourth-order valence-electron chi connectivity index (χ4n) is 2.42. The molecule has 9 nitrogen and oxygen atoms in total. The van der Waals surface area contributed by atoms with Gasteiger partial charge in [-0.2, -0.15) is 10.1 Å². The van der Waals surface area contributed by atoms with Crippen molar-refractivity contribution < 1.29 is 14.2 Å². The molecule has 0 fully saturated rings. The van der Waals surface area contributed by atoms with Gasteiger partial charge in [0.25, 0.3) is 0 Å².